The van der Waals surface area contributed by atoms with Crippen LogP contribution in [0.2, 0.25) is 0 Å². The molecule has 1 amide bonds. The summed E-state index contributed by atoms with van der Waals surface area (Å²) in [6, 6.07) is 0. The number of hydrogen-bond acceptors (Lipinski definition) is 4. The molecule has 29 heavy (non-hydrogen) atoms. The van der Waals surface area contributed by atoms with Gasteiger partial charge in [-0.1, -0.05) is 53.9 Å². The summed E-state index contributed by atoms with van der Waals surface area (Å²) in [7, 11) is 0. The summed E-state index contributed by atoms with van der Waals surface area (Å²) in [5.41, 5.74) is -1.28. The van der Waals surface area contributed by atoms with Gasteiger partial charge in [0.05, 0.1) is 5.41 Å². The summed E-state index contributed by atoms with van der Waals surface area (Å²) in [5, 5.41) is 0. The van der Waals surface area contributed by atoms with Crippen LogP contribution in [0, 0.1) is 5.41 Å². The Bertz CT molecular complexity index is 504. The van der Waals surface area contributed by atoms with Gasteiger partial charge in [-0.2, -0.15) is 0 Å². The Hall–Kier alpha value is -1.26. The molecule has 0 aromatic heterocycles. The van der Waals surface area contributed by atoms with Crippen molar-refractivity contribution in [2.24, 2.45) is 5.41 Å². The lowest BCUT2D eigenvalue weighted by Gasteiger charge is -2.43. The third kappa shape index (κ3) is 6.89. The van der Waals surface area contributed by atoms with E-state index in [1.165, 1.54) is 0 Å². The van der Waals surface area contributed by atoms with Gasteiger partial charge in [-0.05, 0) is 46.0 Å². The Morgan fingerprint density at radius 2 is 1.38 bits per heavy atom. The summed E-state index contributed by atoms with van der Waals surface area (Å²) in [6.07, 6.45) is 8.43. The number of likely N-dealkylation sites (tertiary alicyclic amines) is 1. The fraction of sp³-hybridized carbons (Fsp3) is 0.917. The molecule has 0 saturated carbocycles. The molecule has 1 rings (SSSR count). The number of carbonyl (C=O) groups is 2. The van der Waals surface area contributed by atoms with Crippen LogP contribution in [0.25, 0.3) is 0 Å². The molecule has 0 spiro atoms. The number of esters is 1. The standard InChI is InChI=1S/C24H45NO4/c1-8-13-24(14-9-2,15-10-3)29-21(27)25-18-16-23(12-5,17-19-25)28-20(26)22(6,7)11-4/h8-19H2,1-7H3. The molecule has 170 valence electrons. The van der Waals surface area contributed by atoms with E-state index >= 15 is 0 Å². The summed E-state index contributed by atoms with van der Waals surface area (Å²) >= 11 is 0. The van der Waals surface area contributed by atoms with E-state index in [4.69, 9.17) is 9.47 Å². The van der Waals surface area contributed by atoms with Crippen molar-refractivity contribution in [2.75, 3.05) is 13.1 Å². The van der Waals surface area contributed by atoms with Crippen LogP contribution < -0.4 is 0 Å². The number of nitrogens with zero attached hydrogens (tertiary/aromatic N) is 1. The number of ether oxygens (including phenoxy) is 2. The Labute approximate surface area is 178 Å². The molecule has 5 nitrogen and oxygen atoms in total. The summed E-state index contributed by atoms with van der Waals surface area (Å²) < 4.78 is 12.1. The van der Waals surface area contributed by atoms with Gasteiger partial charge >= 0.3 is 12.1 Å². The van der Waals surface area contributed by atoms with E-state index in [2.05, 4.69) is 27.7 Å². The number of carbonyl (C=O) groups excluding carboxylic acids is 2. The molecule has 0 radical (unpaired) electrons. The second kappa shape index (κ2) is 11.2. The highest BCUT2D eigenvalue weighted by molar-refractivity contribution is 5.76. The SMILES string of the molecule is CCCC(CCC)(CCC)OC(=O)N1CCC(CC)(OC(=O)C(C)(C)CC)CC1. The molecule has 0 atom stereocenters. The molecular formula is C24H45NO4. The van der Waals surface area contributed by atoms with Gasteiger partial charge in [0.2, 0.25) is 0 Å². The van der Waals surface area contributed by atoms with E-state index in [0.717, 1.165) is 51.4 Å². The third-order valence-corrected chi connectivity index (χ3v) is 6.74. The lowest BCUT2D eigenvalue weighted by atomic mass is 9.86. The third-order valence-electron chi connectivity index (χ3n) is 6.74. The van der Waals surface area contributed by atoms with E-state index in [-0.39, 0.29) is 17.7 Å². The van der Waals surface area contributed by atoms with Crippen molar-refractivity contribution >= 4 is 12.1 Å². The van der Waals surface area contributed by atoms with Gasteiger partial charge in [-0.25, -0.2) is 4.79 Å². The maximum atomic E-state index is 13.0. The van der Waals surface area contributed by atoms with Crippen LogP contribution in [-0.2, 0) is 14.3 Å². The number of rotatable bonds is 11. The minimum atomic E-state index is -0.474. The van der Waals surface area contributed by atoms with Gasteiger partial charge in [0.25, 0.3) is 0 Å². The molecular weight excluding hydrogens is 366 g/mol. The van der Waals surface area contributed by atoms with Gasteiger partial charge in [-0.3, -0.25) is 4.79 Å². The molecule has 1 aliphatic rings. The van der Waals surface area contributed by atoms with Crippen LogP contribution in [-0.4, -0.2) is 41.3 Å². The largest absolute Gasteiger partial charge is 0.459 e. The van der Waals surface area contributed by atoms with Gasteiger partial charge in [-0.15, -0.1) is 0 Å². The van der Waals surface area contributed by atoms with Crippen molar-refractivity contribution in [3.63, 3.8) is 0 Å². The van der Waals surface area contributed by atoms with Gasteiger partial charge < -0.3 is 14.4 Å². The van der Waals surface area contributed by atoms with E-state index < -0.39 is 11.0 Å². The molecule has 1 fully saturated rings. The molecule has 1 aliphatic heterocycles. The highest BCUT2D eigenvalue weighted by Crippen LogP contribution is 2.35. The Morgan fingerprint density at radius 1 is 0.897 bits per heavy atom. The molecule has 0 bridgehead atoms. The zero-order valence-corrected chi connectivity index (χ0v) is 20.1. The van der Waals surface area contributed by atoms with Crippen molar-refractivity contribution in [3.8, 4) is 0 Å². The van der Waals surface area contributed by atoms with E-state index in [1.54, 1.807) is 0 Å². The summed E-state index contributed by atoms with van der Waals surface area (Å²) in [4.78, 5) is 27.4. The molecule has 0 aromatic carbocycles. The molecule has 1 heterocycles. The lowest BCUT2D eigenvalue weighted by Crippen LogP contribution is -2.51. The summed E-state index contributed by atoms with van der Waals surface area (Å²) in [6.45, 7) is 15.5. The van der Waals surface area contributed by atoms with Crippen LogP contribution in [0.5, 0.6) is 0 Å². The van der Waals surface area contributed by atoms with Crippen molar-refractivity contribution in [2.45, 2.75) is 124 Å². The maximum absolute atomic E-state index is 13.0. The first-order chi connectivity index (χ1) is 13.6. The minimum Gasteiger partial charge on any atom is -0.459 e. The van der Waals surface area contributed by atoms with E-state index in [1.807, 2.05) is 25.7 Å². The number of hydrogen-bond donors (Lipinski definition) is 0. The van der Waals surface area contributed by atoms with Crippen molar-refractivity contribution in [1.29, 1.82) is 0 Å². The van der Waals surface area contributed by atoms with Crippen LogP contribution in [0.3, 0.4) is 0 Å². The van der Waals surface area contributed by atoms with E-state index in [0.29, 0.717) is 25.9 Å². The van der Waals surface area contributed by atoms with Gasteiger partial charge in [0.1, 0.15) is 11.2 Å². The molecule has 5 heteroatoms. The first-order valence-electron chi connectivity index (χ1n) is 11.8. The Kier molecular flexibility index (Phi) is 9.97. The van der Waals surface area contributed by atoms with E-state index in [9.17, 15) is 9.59 Å². The van der Waals surface area contributed by atoms with Gasteiger partial charge in [0, 0.05) is 25.9 Å². The predicted molar refractivity (Wildman–Crippen MR) is 118 cm³/mol. The lowest BCUT2D eigenvalue weighted by molar-refractivity contribution is -0.176. The molecule has 0 aliphatic carbocycles. The molecule has 0 unspecified atom stereocenters. The van der Waals surface area contributed by atoms with Gasteiger partial charge in [0.15, 0.2) is 0 Å². The average Bonchev–Trinajstić information content (AvgIpc) is 2.69. The predicted octanol–water partition coefficient (Wildman–Crippen LogP) is 6.49. The maximum Gasteiger partial charge on any atom is 0.410 e. The first kappa shape index (κ1) is 25.8. The van der Waals surface area contributed by atoms with Crippen LogP contribution in [0.4, 0.5) is 4.79 Å². The van der Waals surface area contributed by atoms with Crippen LogP contribution in [0.1, 0.15) is 113 Å². The second-order valence-corrected chi connectivity index (χ2v) is 9.45. The smallest absolute Gasteiger partial charge is 0.410 e. The second-order valence-electron chi connectivity index (χ2n) is 9.45. The highest BCUT2D eigenvalue weighted by atomic mass is 16.6. The van der Waals surface area contributed by atoms with Crippen LogP contribution in [0.15, 0.2) is 0 Å². The molecule has 0 aromatic rings. The fourth-order valence-electron chi connectivity index (χ4n) is 4.25. The highest BCUT2D eigenvalue weighted by Gasteiger charge is 2.42. The van der Waals surface area contributed by atoms with Crippen molar-refractivity contribution in [3.05, 3.63) is 0 Å². The zero-order valence-electron chi connectivity index (χ0n) is 20.1. The number of amides is 1. The topological polar surface area (TPSA) is 55.8 Å². The minimum absolute atomic E-state index is 0.134. The first-order valence-corrected chi connectivity index (χ1v) is 11.8. The van der Waals surface area contributed by atoms with Crippen molar-refractivity contribution in [1.82, 2.24) is 4.90 Å². The Morgan fingerprint density at radius 3 is 1.76 bits per heavy atom. The quantitative estimate of drug-likeness (QED) is 0.365. The van der Waals surface area contributed by atoms with Crippen LogP contribution >= 0.6 is 0 Å². The normalized spacial score (nSPS) is 17.1. The van der Waals surface area contributed by atoms with Crippen molar-refractivity contribution < 1.29 is 19.1 Å². The zero-order chi connectivity index (χ0) is 22.1. The molecule has 0 N–H and O–H groups in total. The monoisotopic (exact) mass is 411 g/mol. The molecule has 1 saturated heterocycles. The fourth-order valence-corrected chi connectivity index (χ4v) is 4.25. The summed E-state index contributed by atoms with van der Waals surface area (Å²) in [5.74, 6) is -0.134. The Balaban J connectivity index is 2.78. The number of piperidine rings is 1. The average molecular weight is 412 g/mol.